The molecule has 0 fully saturated rings. The SMILES string of the molecule is CCCOc1nccc(Oc2cccc3cc(C(=O)Nc4cc(C(C)(C)C)ccc4OC)n(C)c23)n1. The molecule has 2 aromatic carbocycles. The molecule has 36 heavy (non-hydrogen) atoms. The Bertz CT molecular complexity index is 1390. The van der Waals surface area contributed by atoms with Gasteiger partial charge in [-0.2, -0.15) is 4.98 Å². The van der Waals surface area contributed by atoms with Gasteiger partial charge in [-0.05, 0) is 41.7 Å². The fraction of sp³-hybridized carbons (Fsp3) is 0.321. The van der Waals surface area contributed by atoms with E-state index in [2.05, 4.69) is 36.1 Å². The summed E-state index contributed by atoms with van der Waals surface area (Å²) in [5.41, 5.74) is 2.91. The lowest BCUT2D eigenvalue weighted by Crippen LogP contribution is -2.17. The molecule has 2 aromatic heterocycles. The molecule has 188 valence electrons. The van der Waals surface area contributed by atoms with Crippen LogP contribution in [0.25, 0.3) is 10.9 Å². The van der Waals surface area contributed by atoms with E-state index in [0.717, 1.165) is 22.9 Å². The molecule has 0 aliphatic rings. The van der Waals surface area contributed by atoms with Crippen molar-refractivity contribution >= 4 is 22.5 Å². The van der Waals surface area contributed by atoms with Gasteiger partial charge >= 0.3 is 6.01 Å². The molecule has 0 bridgehead atoms. The number of nitrogens with zero attached hydrogens (tertiary/aromatic N) is 3. The standard InChI is InChI=1S/C28H32N4O4/c1-7-15-35-27-29-14-13-24(31-27)36-23-10-8-9-18-16-21(32(5)25(18)23)26(33)30-20-17-19(28(2,3)4)11-12-22(20)34-6/h8-14,16-17H,7,15H2,1-6H3,(H,30,33). The Morgan fingerprint density at radius 2 is 1.89 bits per heavy atom. The Morgan fingerprint density at radius 1 is 1.08 bits per heavy atom. The van der Waals surface area contributed by atoms with E-state index in [4.69, 9.17) is 14.2 Å². The van der Waals surface area contributed by atoms with Gasteiger partial charge in [-0.1, -0.05) is 45.9 Å². The molecule has 0 unspecified atom stereocenters. The van der Waals surface area contributed by atoms with Crippen molar-refractivity contribution < 1.29 is 19.0 Å². The number of rotatable bonds is 8. The maximum absolute atomic E-state index is 13.4. The molecule has 1 N–H and O–H groups in total. The van der Waals surface area contributed by atoms with E-state index in [0.29, 0.717) is 35.4 Å². The van der Waals surface area contributed by atoms with Crippen molar-refractivity contribution in [2.75, 3.05) is 19.0 Å². The van der Waals surface area contributed by atoms with E-state index in [1.165, 1.54) is 0 Å². The Morgan fingerprint density at radius 3 is 2.61 bits per heavy atom. The van der Waals surface area contributed by atoms with Crippen LogP contribution < -0.4 is 19.5 Å². The van der Waals surface area contributed by atoms with Crippen LogP contribution in [0.5, 0.6) is 23.4 Å². The molecule has 1 amide bonds. The summed E-state index contributed by atoms with van der Waals surface area (Å²) in [5, 5.41) is 3.89. The summed E-state index contributed by atoms with van der Waals surface area (Å²) >= 11 is 0. The Kier molecular flexibility index (Phi) is 7.15. The fourth-order valence-corrected chi connectivity index (χ4v) is 3.90. The second kappa shape index (κ2) is 10.3. The number of amides is 1. The molecule has 4 rings (SSSR count). The Hall–Kier alpha value is -4.07. The maximum Gasteiger partial charge on any atom is 0.319 e. The maximum atomic E-state index is 13.4. The minimum Gasteiger partial charge on any atom is -0.495 e. The number of hydrogen-bond acceptors (Lipinski definition) is 6. The van der Waals surface area contributed by atoms with Crippen molar-refractivity contribution in [3.63, 3.8) is 0 Å². The van der Waals surface area contributed by atoms with Gasteiger partial charge in [0.15, 0.2) is 5.75 Å². The molecule has 0 saturated heterocycles. The molecular formula is C28H32N4O4. The van der Waals surface area contributed by atoms with E-state index in [-0.39, 0.29) is 17.3 Å². The number of anilines is 1. The van der Waals surface area contributed by atoms with E-state index >= 15 is 0 Å². The number of hydrogen-bond donors (Lipinski definition) is 1. The lowest BCUT2D eigenvalue weighted by Gasteiger charge is -2.21. The van der Waals surface area contributed by atoms with Crippen LogP contribution in [0.2, 0.25) is 0 Å². The fourth-order valence-electron chi connectivity index (χ4n) is 3.90. The number of methoxy groups -OCH3 is 1. The van der Waals surface area contributed by atoms with Crippen molar-refractivity contribution in [2.45, 2.75) is 39.5 Å². The summed E-state index contributed by atoms with van der Waals surface area (Å²) in [6, 6.07) is 15.3. The highest BCUT2D eigenvalue weighted by atomic mass is 16.5. The zero-order valence-corrected chi connectivity index (χ0v) is 21.6. The first-order valence-corrected chi connectivity index (χ1v) is 11.9. The van der Waals surface area contributed by atoms with Gasteiger partial charge in [0.25, 0.3) is 5.91 Å². The Balaban J connectivity index is 1.65. The van der Waals surface area contributed by atoms with Crippen LogP contribution in [0.3, 0.4) is 0 Å². The van der Waals surface area contributed by atoms with E-state index in [1.54, 1.807) is 19.4 Å². The third kappa shape index (κ3) is 5.27. The van der Waals surface area contributed by atoms with Crippen molar-refractivity contribution in [2.24, 2.45) is 7.05 Å². The van der Waals surface area contributed by atoms with E-state index in [9.17, 15) is 4.79 Å². The topological polar surface area (TPSA) is 87.5 Å². The van der Waals surface area contributed by atoms with Gasteiger partial charge in [0, 0.05) is 24.7 Å². The predicted molar refractivity (Wildman–Crippen MR) is 140 cm³/mol. The van der Waals surface area contributed by atoms with Crippen molar-refractivity contribution in [3.8, 4) is 23.4 Å². The average Bonchev–Trinajstić information content (AvgIpc) is 3.20. The van der Waals surface area contributed by atoms with Gasteiger partial charge in [-0.25, -0.2) is 4.98 Å². The summed E-state index contributed by atoms with van der Waals surface area (Å²) in [6.45, 7) is 8.92. The summed E-state index contributed by atoms with van der Waals surface area (Å²) in [7, 11) is 3.43. The first-order valence-electron chi connectivity index (χ1n) is 11.9. The van der Waals surface area contributed by atoms with Crippen molar-refractivity contribution in [1.29, 1.82) is 0 Å². The second-order valence-electron chi connectivity index (χ2n) is 9.53. The third-order valence-electron chi connectivity index (χ3n) is 5.82. The van der Waals surface area contributed by atoms with Crippen molar-refractivity contribution in [1.82, 2.24) is 14.5 Å². The molecule has 0 saturated carbocycles. The first-order chi connectivity index (χ1) is 17.2. The molecule has 2 heterocycles. The highest BCUT2D eigenvalue weighted by molar-refractivity contribution is 6.07. The number of para-hydroxylation sites is 1. The zero-order chi connectivity index (χ0) is 25.9. The third-order valence-corrected chi connectivity index (χ3v) is 5.82. The van der Waals surface area contributed by atoms with E-state index < -0.39 is 0 Å². The quantitative estimate of drug-likeness (QED) is 0.322. The first kappa shape index (κ1) is 25.0. The van der Waals surface area contributed by atoms with Crippen LogP contribution in [0.15, 0.2) is 54.7 Å². The Labute approximate surface area is 211 Å². The predicted octanol–water partition coefficient (Wildman–Crippen LogP) is 6.11. The lowest BCUT2D eigenvalue weighted by molar-refractivity contribution is 0.101. The largest absolute Gasteiger partial charge is 0.495 e. The summed E-state index contributed by atoms with van der Waals surface area (Å²) in [6.07, 6.45) is 2.45. The van der Waals surface area contributed by atoms with Gasteiger partial charge < -0.3 is 24.1 Å². The zero-order valence-electron chi connectivity index (χ0n) is 21.6. The smallest absolute Gasteiger partial charge is 0.319 e. The van der Waals surface area contributed by atoms with Crippen molar-refractivity contribution in [3.05, 3.63) is 66.0 Å². The number of nitrogens with one attached hydrogen (secondary N) is 1. The monoisotopic (exact) mass is 488 g/mol. The van der Waals surface area contributed by atoms with Gasteiger partial charge in [-0.15, -0.1) is 0 Å². The van der Waals surface area contributed by atoms with Crippen LogP contribution in [-0.2, 0) is 12.5 Å². The number of benzene rings is 2. The number of carbonyl (C=O) groups excluding carboxylic acids is 1. The van der Waals surface area contributed by atoms with Crippen LogP contribution in [0, 0.1) is 0 Å². The molecule has 0 radical (unpaired) electrons. The van der Waals surface area contributed by atoms with Crippen LogP contribution in [0.1, 0.15) is 50.2 Å². The number of carbonyl (C=O) groups is 1. The number of aromatic nitrogens is 3. The lowest BCUT2D eigenvalue weighted by atomic mass is 9.87. The molecule has 0 aliphatic heterocycles. The van der Waals surface area contributed by atoms with E-state index in [1.807, 2.05) is 61.0 Å². The highest BCUT2D eigenvalue weighted by Crippen LogP contribution is 2.34. The van der Waals surface area contributed by atoms with Crippen LogP contribution in [0.4, 0.5) is 5.69 Å². The van der Waals surface area contributed by atoms with Gasteiger partial charge in [-0.3, -0.25) is 4.79 Å². The molecule has 8 heteroatoms. The molecule has 0 spiro atoms. The number of fused-ring (bicyclic) bond motifs is 1. The summed E-state index contributed by atoms with van der Waals surface area (Å²) in [5.74, 6) is 1.28. The molecular weight excluding hydrogens is 456 g/mol. The highest BCUT2D eigenvalue weighted by Gasteiger charge is 2.20. The van der Waals surface area contributed by atoms with Gasteiger partial charge in [0.2, 0.25) is 5.88 Å². The minimum absolute atomic E-state index is 0.0694. The molecule has 0 atom stereocenters. The number of ether oxygens (including phenoxy) is 3. The average molecular weight is 489 g/mol. The molecule has 0 aliphatic carbocycles. The van der Waals surface area contributed by atoms with Crippen LogP contribution >= 0.6 is 0 Å². The van der Waals surface area contributed by atoms with Crippen LogP contribution in [-0.4, -0.2) is 34.2 Å². The summed E-state index contributed by atoms with van der Waals surface area (Å²) in [4.78, 5) is 21.8. The van der Waals surface area contributed by atoms with Gasteiger partial charge in [0.1, 0.15) is 11.4 Å². The van der Waals surface area contributed by atoms with Gasteiger partial charge in [0.05, 0.1) is 24.9 Å². The minimum atomic E-state index is -0.249. The second-order valence-corrected chi connectivity index (χ2v) is 9.53. The molecule has 4 aromatic rings. The number of aryl methyl sites for hydroxylation is 1. The molecule has 8 nitrogen and oxygen atoms in total. The normalized spacial score (nSPS) is 11.4. The summed E-state index contributed by atoms with van der Waals surface area (Å²) < 4.78 is 18.9.